The fourth-order valence-corrected chi connectivity index (χ4v) is 4.90. The number of hydrogen-bond donors (Lipinski definition) is 0. The van der Waals surface area contributed by atoms with Gasteiger partial charge in [-0.1, -0.05) is 12.1 Å². The zero-order valence-corrected chi connectivity index (χ0v) is 14.7. The number of carbonyl (C=O) groups excluding carboxylic acids is 1. The predicted octanol–water partition coefficient (Wildman–Crippen LogP) is 4.15. The van der Waals surface area contributed by atoms with Crippen molar-refractivity contribution >= 4 is 39.2 Å². The maximum atomic E-state index is 12.7. The first-order chi connectivity index (χ1) is 11.8. The molecule has 1 amide bonds. The third-order valence-electron chi connectivity index (χ3n) is 4.18. The van der Waals surface area contributed by atoms with Crippen molar-refractivity contribution in [2.24, 2.45) is 0 Å². The topological polar surface area (TPSA) is 46.1 Å². The number of nitrogens with zero attached hydrogens (tertiary/aromatic N) is 3. The van der Waals surface area contributed by atoms with Crippen LogP contribution in [0.2, 0.25) is 0 Å². The van der Waals surface area contributed by atoms with E-state index in [1.165, 1.54) is 4.70 Å². The van der Waals surface area contributed by atoms with Crippen LogP contribution < -0.4 is 0 Å². The first-order valence-electron chi connectivity index (χ1n) is 7.99. The van der Waals surface area contributed by atoms with Crippen molar-refractivity contribution < 1.29 is 4.79 Å². The SMILES string of the molecule is O=C(CSc1ccncc1)N1CCCC1c1nc2ccccc2s1. The van der Waals surface area contributed by atoms with Gasteiger partial charge in [0.25, 0.3) is 0 Å². The normalized spacial score (nSPS) is 17.5. The number of likely N-dealkylation sites (tertiary alicyclic amines) is 1. The molecule has 1 aliphatic heterocycles. The van der Waals surface area contributed by atoms with Crippen molar-refractivity contribution in [3.8, 4) is 0 Å². The van der Waals surface area contributed by atoms with Crippen molar-refractivity contribution in [3.63, 3.8) is 0 Å². The van der Waals surface area contributed by atoms with Crippen molar-refractivity contribution in [2.45, 2.75) is 23.8 Å². The zero-order chi connectivity index (χ0) is 16.4. The van der Waals surface area contributed by atoms with E-state index in [1.807, 2.05) is 35.2 Å². The van der Waals surface area contributed by atoms with Crippen LogP contribution in [0.3, 0.4) is 0 Å². The van der Waals surface area contributed by atoms with Gasteiger partial charge >= 0.3 is 0 Å². The predicted molar refractivity (Wildman–Crippen MR) is 98.3 cm³/mol. The molecule has 6 heteroatoms. The number of thioether (sulfide) groups is 1. The summed E-state index contributed by atoms with van der Waals surface area (Å²) in [6.07, 6.45) is 5.57. The Hall–Kier alpha value is -1.92. The molecule has 1 atom stereocenters. The van der Waals surface area contributed by atoms with Gasteiger partial charge in [-0.15, -0.1) is 23.1 Å². The van der Waals surface area contributed by atoms with Gasteiger partial charge in [0.15, 0.2) is 0 Å². The van der Waals surface area contributed by atoms with Crippen molar-refractivity contribution in [3.05, 3.63) is 53.8 Å². The molecule has 1 aromatic carbocycles. The maximum absolute atomic E-state index is 12.7. The Morgan fingerprint density at radius 3 is 2.92 bits per heavy atom. The van der Waals surface area contributed by atoms with Crippen LogP contribution in [0, 0.1) is 0 Å². The van der Waals surface area contributed by atoms with Crippen molar-refractivity contribution in [2.75, 3.05) is 12.3 Å². The van der Waals surface area contributed by atoms with Gasteiger partial charge in [-0.05, 0) is 37.1 Å². The van der Waals surface area contributed by atoms with E-state index in [0.717, 1.165) is 34.8 Å². The Bertz CT molecular complexity index is 817. The molecule has 0 saturated carbocycles. The molecule has 1 aliphatic rings. The number of fused-ring (bicyclic) bond motifs is 1. The fourth-order valence-electron chi connectivity index (χ4n) is 3.02. The van der Waals surface area contributed by atoms with Crippen LogP contribution in [-0.4, -0.2) is 33.1 Å². The van der Waals surface area contributed by atoms with Crippen LogP contribution in [-0.2, 0) is 4.79 Å². The van der Waals surface area contributed by atoms with Crippen LogP contribution in [0.4, 0.5) is 0 Å². The van der Waals surface area contributed by atoms with Crippen LogP contribution in [0.1, 0.15) is 23.9 Å². The second kappa shape index (κ2) is 6.91. The minimum atomic E-state index is 0.132. The van der Waals surface area contributed by atoms with Gasteiger partial charge in [-0.25, -0.2) is 4.98 Å². The highest BCUT2D eigenvalue weighted by atomic mass is 32.2. The van der Waals surface area contributed by atoms with Gasteiger partial charge in [0.05, 0.1) is 22.0 Å². The van der Waals surface area contributed by atoms with Crippen LogP contribution in [0.25, 0.3) is 10.2 Å². The molecule has 3 heterocycles. The van der Waals surface area contributed by atoms with E-state index in [0.29, 0.717) is 5.75 Å². The summed E-state index contributed by atoms with van der Waals surface area (Å²) in [4.78, 5) is 24.5. The lowest BCUT2D eigenvalue weighted by Crippen LogP contribution is -2.31. The molecule has 1 unspecified atom stereocenters. The number of rotatable bonds is 4. The summed E-state index contributed by atoms with van der Waals surface area (Å²) in [5.74, 6) is 0.657. The van der Waals surface area contributed by atoms with Gasteiger partial charge in [-0.3, -0.25) is 9.78 Å². The lowest BCUT2D eigenvalue weighted by atomic mass is 10.2. The molecule has 4 nitrogen and oxygen atoms in total. The Kier molecular flexibility index (Phi) is 4.49. The minimum Gasteiger partial charge on any atom is -0.332 e. The molecule has 0 spiro atoms. The van der Waals surface area contributed by atoms with Gasteiger partial charge in [0.1, 0.15) is 5.01 Å². The monoisotopic (exact) mass is 355 g/mol. The van der Waals surface area contributed by atoms with E-state index in [9.17, 15) is 4.79 Å². The summed E-state index contributed by atoms with van der Waals surface area (Å²) in [5, 5.41) is 1.07. The second-order valence-corrected chi connectivity index (χ2v) is 7.85. The molecular formula is C18H17N3OS2. The highest BCUT2D eigenvalue weighted by Gasteiger charge is 2.31. The molecule has 1 saturated heterocycles. The number of carbonyl (C=O) groups is 1. The lowest BCUT2D eigenvalue weighted by Gasteiger charge is -2.23. The molecule has 0 aliphatic carbocycles. The summed E-state index contributed by atoms with van der Waals surface area (Å²) in [5.41, 5.74) is 1.03. The number of pyridine rings is 1. The molecule has 4 rings (SSSR count). The van der Waals surface area contributed by atoms with Crippen LogP contribution in [0.15, 0.2) is 53.7 Å². The molecule has 0 radical (unpaired) electrons. The third-order valence-corrected chi connectivity index (χ3v) is 6.32. The Morgan fingerprint density at radius 1 is 1.25 bits per heavy atom. The quantitative estimate of drug-likeness (QED) is 0.660. The van der Waals surface area contributed by atoms with E-state index in [2.05, 4.69) is 11.1 Å². The molecule has 3 aromatic rings. The van der Waals surface area contributed by atoms with E-state index >= 15 is 0 Å². The second-order valence-electron chi connectivity index (χ2n) is 5.74. The number of amides is 1. The minimum absolute atomic E-state index is 0.132. The maximum Gasteiger partial charge on any atom is 0.233 e. The van der Waals surface area contributed by atoms with Crippen LogP contribution in [0.5, 0.6) is 0 Å². The Morgan fingerprint density at radius 2 is 2.08 bits per heavy atom. The van der Waals surface area contributed by atoms with E-state index in [-0.39, 0.29) is 11.9 Å². The van der Waals surface area contributed by atoms with Gasteiger partial charge < -0.3 is 4.90 Å². The van der Waals surface area contributed by atoms with E-state index in [1.54, 1.807) is 35.5 Å². The van der Waals surface area contributed by atoms with Crippen LogP contribution >= 0.6 is 23.1 Å². The average molecular weight is 355 g/mol. The molecular weight excluding hydrogens is 338 g/mol. The summed E-state index contributed by atoms with van der Waals surface area (Å²) in [6.45, 7) is 0.830. The van der Waals surface area contributed by atoms with Gasteiger partial charge in [-0.2, -0.15) is 0 Å². The number of aromatic nitrogens is 2. The first kappa shape index (κ1) is 15.6. The summed E-state index contributed by atoms with van der Waals surface area (Å²) < 4.78 is 1.19. The highest BCUT2D eigenvalue weighted by Crippen LogP contribution is 2.36. The largest absolute Gasteiger partial charge is 0.332 e. The summed E-state index contributed by atoms with van der Waals surface area (Å²) >= 11 is 3.28. The average Bonchev–Trinajstić information content (AvgIpc) is 3.26. The molecule has 0 N–H and O–H groups in total. The molecule has 0 bridgehead atoms. The third kappa shape index (κ3) is 3.16. The van der Waals surface area contributed by atoms with Crippen molar-refractivity contribution in [1.82, 2.24) is 14.9 Å². The smallest absolute Gasteiger partial charge is 0.233 e. The van der Waals surface area contributed by atoms with Crippen molar-refractivity contribution in [1.29, 1.82) is 0 Å². The Balaban J connectivity index is 1.48. The number of benzene rings is 1. The van der Waals surface area contributed by atoms with Gasteiger partial charge in [0, 0.05) is 23.8 Å². The van der Waals surface area contributed by atoms with Gasteiger partial charge in [0.2, 0.25) is 5.91 Å². The molecule has 24 heavy (non-hydrogen) atoms. The molecule has 2 aromatic heterocycles. The highest BCUT2D eigenvalue weighted by molar-refractivity contribution is 8.00. The zero-order valence-electron chi connectivity index (χ0n) is 13.1. The summed E-state index contributed by atoms with van der Waals surface area (Å²) in [7, 11) is 0. The molecule has 1 fully saturated rings. The number of hydrogen-bond acceptors (Lipinski definition) is 5. The van der Waals surface area contributed by atoms with E-state index in [4.69, 9.17) is 4.98 Å². The molecule has 122 valence electrons. The van der Waals surface area contributed by atoms with E-state index < -0.39 is 0 Å². The standard InChI is InChI=1S/C18H17N3OS2/c22-17(12-23-13-7-9-19-10-8-13)21-11-3-5-15(21)18-20-14-4-1-2-6-16(14)24-18/h1-2,4,6-10,15H,3,5,11-12H2. The lowest BCUT2D eigenvalue weighted by molar-refractivity contribution is -0.129. The summed E-state index contributed by atoms with van der Waals surface area (Å²) in [6, 6.07) is 12.2. The number of para-hydroxylation sites is 1. The first-order valence-corrected chi connectivity index (χ1v) is 9.79. The number of thiazole rings is 1. The fraction of sp³-hybridized carbons (Fsp3) is 0.278. The Labute approximate surface area is 148 Å².